The molecule has 6 nitrogen and oxygen atoms in total. The van der Waals surface area contributed by atoms with Gasteiger partial charge in [-0.2, -0.15) is 8.42 Å². The van der Waals surface area contributed by atoms with E-state index in [0.717, 1.165) is 6.07 Å². The highest BCUT2D eigenvalue weighted by Crippen LogP contribution is 2.28. The summed E-state index contributed by atoms with van der Waals surface area (Å²) >= 11 is 0. The lowest BCUT2D eigenvalue weighted by molar-refractivity contribution is 0.0963. The van der Waals surface area contributed by atoms with Gasteiger partial charge in [-0.25, -0.2) is 0 Å². The molecule has 0 aromatic heterocycles. The molecule has 0 saturated heterocycles. The Morgan fingerprint density at radius 3 is 2.47 bits per heavy atom. The summed E-state index contributed by atoms with van der Waals surface area (Å²) in [5.41, 5.74) is 0.255. The zero-order chi connectivity index (χ0) is 14.2. The van der Waals surface area contributed by atoms with E-state index in [-0.39, 0.29) is 22.6 Å². The van der Waals surface area contributed by atoms with Crippen molar-refractivity contribution < 1.29 is 22.9 Å². The van der Waals surface area contributed by atoms with Crippen molar-refractivity contribution in [2.75, 3.05) is 7.05 Å². The number of hydrogen-bond acceptors (Lipinski definition) is 4. The van der Waals surface area contributed by atoms with Gasteiger partial charge in [-0.1, -0.05) is 6.07 Å². The van der Waals surface area contributed by atoms with E-state index in [4.69, 9.17) is 4.55 Å². The van der Waals surface area contributed by atoms with Crippen LogP contribution in [0.25, 0.3) is 10.8 Å². The van der Waals surface area contributed by atoms with Crippen LogP contribution in [0.1, 0.15) is 10.4 Å². The molecule has 0 fully saturated rings. The number of phenols is 1. The zero-order valence-electron chi connectivity index (χ0n) is 9.91. The molecule has 0 heterocycles. The number of rotatable bonds is 2. The molecule has 7 heteroatoms. The van der Waals surface area contributed by atoms with Gasteiger partial charge >= 0.3 is 0 Å². The van der Waals surface area contributed by atoms with Gasteiger partial charge < -0.3 is 10.4 Å². The van der Waals surface area contributed by atoms with E-state index in [1.165, 1.54) is 31.3 Å². The lowest BCUT2D eigenvalue weighted by Gasteiger charge is -2.07. The summed E-state index contributed by atoms with van der Waals surface area (Å²) < 4.78 is 31.7. The maximum absolute atomic E-state index is 11.5. The highest BCUT2D eigenvalue weighted by molar-refractivity contribution is 7.86. The Labute approximate surface area is 109 Å². The Balaban J connectivity index is 2.83. The fraction of sp³-hybridized carbons (Fsp3) is 0.0833. The zero-order valence-corrected chi connectivity index (χ0v) is 10.7. The molecule has 0 bridgehead atoms. The van der Waals surface area contributed by atoms with Crippen LogP contribution in [0.15, 0.2) is 35.2 Å². The number of carbonyl (C=O) groups excluding carboxylic acids is 1. The van der Waals surface area contributed by atoms with E-state index < -0.39 is 15.0 Å². The Morgan fingerprint density at radius 1 is 1.21 bits per heavy atom. The molecular formula is C12H11NO5S. The molecule has 0 atom stereocenters. The van der Waals surface area contributed by atoms with Crippen molar-refractivity contribution >= 4 is 26.8 Å². The fourth-order valence-corrected chi connectivity index (χ4v) is 2.53. The van der Waals surface area contributed by atoms with Gasteiger partial charge in [-0.15, -0.1) is 0 Å². The van der Waals surface area contributed by atoms with Crippen LogP contribution in [0.5, 0.6) is 5.75 Å². The molecule has 3 N–H and O–H groups in total. The van der Waals surface area contributed by atoms with E-state index in [1.54, 1.807) is 0 Å². The summed E-state index contributed by atoms with van der Waals surface area (Å²) in [7, 11) is -3.04. The molecule has 0 aliphatic carbocycles. The summed E-state index contributed by atoms with van der Waals surface area (Å²) in [4.78, 5) is 11.1. The summed E-state index contributed by atoms with van der Waals surface area (Å²) in [6, 6.07) is 6.61. The standard InChI is InChI=1S/C12H11NO5S/c1-13-12(15)8-3-2-7-4-9(14)6-11(10(7)5-8)19(16,17)18/h2-6,14H,1H3,(H,13,15)(H,16,17,18). The number of aromatic hydroxyl groups is 1. The molecule has 1 amide bonds. The van der Waals surface area contributed by atoms with E-state index in [9.17, 15) is 18.3 Å². The maximum atomic E-state index is 11.5. The molecule has 0 radical (unpaired) electrons. The number of benzene rings is 2. The van der Waals surface area contributed by atoms with Crippen LogP contribution in [-0.4, -0.2) is 31.0 Å². The molecular weight excluding hydrogens is 270 g/mol. The smallest absolute Gasteiger partial charge is 0.295 e. The number of amides is 1. The van der Waals surface area contributed by atoms with E-state index in [0.29, 0.717) is 5.39 Å². The predicted molar refractivity (Wildman–Crippen MR) is 68.8 cm³/mol. The monoisotopic (exact) mass is 281 g/mol. The Morgan fingerprint density at radius 2 is 1.89 bits per heavy atom. The van der Waals surface area contributed by atoms with Crippen LogP contribution >= 0.6 is 0 Å². The van der Waals surface area contributed by atoms with Crippen LogP contribution in [0.4, 0.5) is 0 Å². The quantitative estimate of drug-likeness (QED) is 0.716. The molecule has 19 heavy (non-hydrogen) atoms. The first-order valence-electron chi connectivity index (χ1n) is 5.29. The average Bonchev–Trinajstić information content (AvgIpc) is 2.35. The second kappa shape index (κ2) is 4.52. The highest BCUT2D eigenvalue weighted by Gasteiger charge is 2.17. The van der Waals surface area contributed by atoms with Gasteiger partial charge in [-0.05, 0) is 23.6 Å². The molecule has 0 saturated carbocycles. The normalized spacial score (nSPS) is 11.5. The van der Waals surface area contributed by atoms with Gasteiger partial charge in [0.05, 0.1) is 0 Å². The van der Waals surface area contributed by atoms with Crippen molar-refractivity contribution in [3.63, 3.8) is 0 Å². The van der Waals surface area contributed by atoms with Crippen LogP contribution in [0, 0.1) is 0 Å². The van der Waals surface area contributed by atoms with E-state index >= 15 is 0 Å². The summed E-state index contributed by atoms with van der Waals surface area (Å²) in [6.45, 7) is 0. The van der Waals surface area contributed by atoms with Crippen LogP contribution in [0.3, 0.4) is 0 Å². The third kappa shape index (κ3) is 2.51. The molecule has 0 aliphatic rings. The van der Waals surface area contributed by atoms with Gasteiger partial charge in [0.25, 0.3) is 16.0 Å². The van der Waals surface area contributed by atoms with Crippen molar-refractivity contribution in [1.29, 1.82) is 0 Å². The molecule has 2 aromatic rings. The SMILES string of the molecule is CNC(=O)c1ccc2cc(O)cc(S(=O)(=O)O)c2c1. The first-order chi connectivity index (χ1) is 8.82. The number of hydrogen-bond donors (Lipinski definition) is 3. The first-order valence-corrected chi connectivity index (χ1v) is 6.73. The topological polar surface area (TPSA) is 104 Å². The van der Waals surface area contributed by atoms with Crippen LogP contribution < -0.4 is 5.32 Å². The average molecular weight is 281 g/mol. The second-order valence-corrected chi connectivity index (χ2v) is 5.32. The number of carbonyl (C=O) groups is 1. The molecule has 2 rings (SSSR count). The molecule has 100 valence electrons. The highest BCUT2D eigenvalue weighted by atomic mass is 32.2. The van der Waals surface area contributed by atoms with Gasteiger partial charge in [0.15, 0.2) is 0 Å². The van der Waals surface area contributed by atoms with Crippen molar-refractivity contribution in [3.8, 4) is 5.75 Å². The third-order valence-electron chi connectivity index (χ3n) is 2.67. The number of nitrogens with one attached hydrogen (secondary N) is 1. The fourth-order valence-electron chi connectivity index (χ4n) is 1.81. The first kappa shape index (κ1) is 13.3. The summed E-state index contributed by atoms with van der Waals surface area (Å²) in [5.74, 6) is -0.663. The van der Waals surface area contributed by atoms with Crippen molar-refractivity contribution in [2.45, 2.75) is 4.90 Å². The Hall–Kier alpha value is -2.12. The van der Waals surface area contributed by atoms with E-state index in [1.807, 2.05) is 0 Å². The van der Waals surface area contributed by atoms with Crippen molar-refractivity contribution in [1.82, 2.24) is 5.32 Å². The molecule has 0 aliphatic heterocycles. The van der Waals surface area contributed by atoms with Gasteiger partial charge in [-0.3, -0.25) is 9.35 Å². The largest absolute Gasteiger partial charge is 0.508 e. The molecule has 0 unspecified atom stereocenters. The van der Waals surface area contributed by atoms with Crippen molar-refractivity contribution in [3.05, 3.63) is 35.9 Å². The number of fused-ring (bicyclic) bond motifs is 1. The Bertz CT molecular complexity index is 767. The lowest BCUT2D eigenvalue weighted by Crippen LogP contribution is -2.17. The minimum Gasteiger partial charge on any atom is -0.508 e. The summed E-state index contributed by atoms with van der Waals surface area (Å²) in [6.07, 6.45) is 0. The second-order valence-electron chi connectivity index (χ2n) is 3.93. The van der Waals surface area contributed by atoms with Gasteiger partial charge in [0.1, 0.15) is 10.6 Å². The van der Waals surface area contributed by atoms with Crippen LogP contribution in [0.2, 0.25) is 0 Å². The molecule has 0 spiro atoms. The third-order valence-corrected chi connectivity index (χ3v) is 3.56. The maximum Gasteiger partial charge on any atom is 0.295 e. The lowest BCUT2D eigenvalue weighted by atomic mass is 10.1. The summed E-state index contributed by atoms with van der Waals surface area (Å²) in [5, 5.41) is 12.4. The van der Waals surface area contributed by atoms with Crippen molar-refractivity contribution in [2.24, 2.45) is 0 Å². The van der Waals surface area contributed by atoms with Gasteiger partial charge in [0, 0.05) is 24.1 Å². The number of phenolic OH excluding ortho intramolecular Hbond substituents is 1. The predicted octanol–water partition coefficient (Wildman–Crippen LogP) is 1.15. The van der Waals surface area contributed by atoms with Gasteiger partial charge in [0.2, 0.25) is 0 Å². The Kier molecular flexibility index (Phi) is 3.17. The minimum atomic E-state index is -4.49. The minimum absolute atomic E-state index is 0.168. The van der Waals surface area contributed by atoms with Crippen LogP contribution in [-0.2, 0) is 10.1 Å². The van der Waals surface area contributed by atoms with E-state index in [2.05, 4.69) is 5.32 Å². The molecule has 2 aromatic carbocycles.